The molecule has 0 aliphatic carbocycles. The van der Waals surface area contributed by atoms with Gasteiger partial charge in [0.05, 0.1) is 30.1 Å². The number of rotatable bonds is 15. The van der Waals surface area contributed by atoms with Crippen molar-refractivity contribution in [3.8, 4) is 0 Å². The first-order valence-corrected chi connectivity index (χ1v) is 23.9. The first-order valence-electron chi connectivity index (χ1n) is 23.9. The van der Waals surface area contributed by atoms with Gasteiger partial charge in [-0.1, -0.05) is 83.7 Å². The van der Waals surface area contributed by atoms with E-state index in [0.29, 0.717) is 6.42 Å². The van der Waals surface area contributed by atoms with Crippen LogP contribution in [0.3, 0.4) is 0 Å². The Bertz CT molecular complexity index is 2200. The number of likely N-dealkylation sites (N-methyl/N-ethyl adjacent to an activating group) is 1. The molecule has 0 aromatic heterocycles. The number of carboxylic acid groups (broad SMARTS) is 2. The Morgan fingerprint density at radius 1 is 0.875 bits per heavy atom. The summed E-state index contributed by atoms with van der Waals surface area (Å²) in [6, 6.07) is 0.905. The van der Waals surface area contributed by atoms with Crippen LogP contribution in [0.25, 0.3) is 0 Å². The number of aliphatic imine (C=N–C) groups is 1. The van der Waals surface area contributed by atoms with E-state index in [2.05, 4.69) is 43.5 Å². The Morgan fingerprint density at radius 3 is 2.07 bits per heavy atom. The van der Waals surface area contributed by atoms with Crippen molar-refractivity contribution in [1.82, 2.24) is 36.8 Å². The molecule has 7 amide bonds. The fourth-order valence-corrected chi connectivity index (χ4v) is 8.12. The molecule has 23 nitrogen and oxygen atoms in total. The van der Waals surface area contributed by atoms with Crippen molar-refractivity contribution in [1.29, 1.82) is 0 Å². The van der Waals surface area contributed by atoms with E-state index in [0.717, 1.165) is 10.5 Å². The molecular weight excluding hydrogens is 937 g/mol. The molecule has 12 N–H and O–H groups in total. The number of epoxide rings is 1. The lowest BCUT2D eigenvalue weighted by Crippen LogP contribution is -2.59. The van der Waals surface area contributed by atoms with Crippen molar-refractivity contribution in [2.75, 3.05) is 20.7 Å². The van der Waals surface area contributed by atoms with Gasteiger partial charge >= 0.3 is 11.9 Å². The van der Waals surface area contributed by atoms with Gasteiger partial charge in [0.2, 0.25) is 35.4 Å². The van der Waals surface area contributed by atoms with Gasteiger partial charge in [-0.05, 0) is 57.4 Å². The highest BCUT2D eigenvalue weighted by Gasteiger charge is 2.55. The van der Waals surface area contributed by atoms with E-state index in [9.17, 15) is 53.4 Å². The third-order valence-electron chi connectivity index (χ3n) is 12.9. The minimum atomic E-state index is -1.89. The quantitative estimate of drug-likeness (QED) is 0.0272. The molecule has 1 aromatic carbocycles. The molecule has 0 bridgehead atoms. The summed E-state index contributed by atoms with van der Waals surface area (Å²) in [5, 5.41) is 35.6. The molecule has 398 valence electrons. The molecule has 12 atom stereocenters. The number of aliphatic carboxylic acids is 2. The minimum Gasteiger partial charge on any atom is -0.480 e. The van der Waals surface area contributed by atoms with Gasteiger partial charge in [-0.2, -0.15) is 0 Å². The summed E-state index contributed by atoms with van der Waals surface area (Å²) in [6.07, 6.45) is 2.24. The standard InChI is InChI=1S/C49H74N10O13/c1-25(2)23-35-45(66)58-38(47(69)70)28(5)41(62)55-33(17-14-22-52-48(50)51)44(65)54-32(20-21-49(8)39(72-49)27(4)36(71-10)24-31-15-12-11-13-16-31)26(3)40(61)56-34(46(67)68)18-19-37(60)59(9)30(7)43(64)53-29(6)42(63)57-35/h11-13,15-16,20-21,25-29,32-36,38-39H,7,14,17-19,22-24H2,1-6,8-10H3,(H,53,64)(H,54,65)(H,55,62)(H,56,61)(H,57,63)(H,58,66)(H,67,68)(H,69,70)(H4,50,51,52)/b21-20+/t26-,27+,28-,29+,32-,33-,34+,35-,36-,38+,39-,49-/m0/s1. The number of methoxy groups -OCH3 is 1. The summed E-state index contributed by atoms with van der Waals surface area (Å²) in [5.74, 6) is -12.7. The average Bonchev–Trinajstić information content (AvgIpc) is 4.01. The van der Waals surface area contributed by atoms with E-state index in [1.807, 2.05) is 44.2 Å². The van der Waals surface area contributed by atoms with Crippen LogP contribution in [0.4, 0.5) is 0 Å². The normalized spacial score (nSPS) is 28.8. The van der Waals surface area contributed by atoms with Gasteiger partial charge in [0, 0.05) is 33.0 Å². The number of hydrogen-bond donors (Lipinski definition) is 10. The summed E-state index contributed by atoms with van der Waals surface area (Å²) in [7, 11) is 2.82. The first kappa shape index (κ1) is 59.4. The van der Waals surface area contributed by atoms with Crippen LogP contribution in [0.2, 0.25) is 0 Å². The Hall–Kier alpha value is -6.88. The lowest BCUT2D eigenvalue weighted by molar-refractivity contribution is -0.146. The highest BCUT2D eigenvalue weighted by Crippen LogP contribution is 2.44. The predicted molar refractivity (Wildman–Crippen MR) is 264 cm³/mol. The van der Waals surface area contributed by atoms with Gasteiger partial charge in [-0.25, -0.2) is 9.59 Å². The maximum atomic E-state index is 14.4. The summed E-state index contributed by atoms with van der Waals surface area (Å²) in [4.78, 5) is 126. The highest BCUT2D eigenvalue weighted by atomic mass is 16.6. The molecule has 2 fully saturated rings. The fourth-order valence-electron chi connectivity index (χ4n) is 8.12. The van der Waals surface area contributed by atoms with Crippen LogP contribution >= 0.6 is 0 Å². The number of hydrogen-bond acceptors (Lipinski definition) is 12. The molecule has 1 aromatic rings. The Morgan fingerprint density at radius 2 is 1.49 bits per heavy atom. The zero-order valence-corrected chi connectivity index (χ0v) is 42.6. The van der Waals surface area contributed by atoms with Gasteiger partial charge in [-0.3, -0.25) is 38.6 Å². The summed E-state index contributed by atoms with van der Waals surface area (Å²) in [5.41, 5.74) is 10.8. The molecule has 0 spiro atoms. The van der Waals surface area contributed by atoms with Crippen molar-refractivity contribution in [3.63, 3.8) is 0 Å². The zero-order valence-electron chi connectivity index (χ0n) is 42.6. The fraction of sp³-hybridized carbons (Fsp3) is 0.592. The van der Waals surface area contributed by atoms with Crippen molar-refractivity contribution in [2.45, 2.75) is 141 Å². The number of carbonyl (C=O) groups is 9. The molecular formula is C49H74N10O13. The Labute approximate surface area is 420 Å². The first-order chi connectivity index (χ1) is 33.7. The number of ether oxygens (including phenoxy) is 2. The van der Waals surface area contributed by atoms with E-state index in [4.69, 9.17) is 20.9 Å². The number of carbonyl (C=O) groups excluding carboxylic acids is 7. The Balaban J connectivity index is 2.11. The number of benzene rings is 1. The molecule has 0 radical (unpaired) electrons. The van der Waals surface area contributed by atoms with E-state index in [1.54, 1.807) is 27.0 Å². The lowest BCUT2D eigenvalue weighted by Gasteiger charge is -2.28. The van der Waals surface area contributed by atoms with Crippen LogP contribution in [0.1, 0.15) is 86.1 Å². The van der Waals surface area contributed by atoms with E-state index in [1.165, 1.54) is 33.9 Å². The van der Waals surface area contributed by atoms with E-state index >= 15 is 0 Å². The second-order valence-electron chi connectivity index (χ2n) is 19.1. The predicted octanol–water partition coefficient (Wildman–Crippen LogP) is -0.170. The molecule has 3 rings (SSSR count). The maximum absolute atomic E-state index is 14.4. The topological polar surface area (TPSA) is 356 Å². The summed E-state index contributed by atoms with van der Waals surface area (Å²) >= 11 is 0. The minimum absolute atomic E-state index is 0.00275. The zero-order chi connectivity index (χ0) is 54.2. The number of amides is 7. The number of nitrogens with two attached hydrogens (primary N) is 2. The number of guanidine groups is 1. The SMILES string of the molecule is C=C1C(=O)N[C@H](C)C(=O)N[C@@H](CC(C)C)C(=O)N[C@@H](C(=O)O)[C@H](C)C(=O)N[C@@H](CCCN=C(N)N)C(=O)N[C@@H](/C=C/[C@]2(C)O[C@H]2[C@H](C)[C@H](Cc2ccccc2)OC)[C@H](C)C(=O)N[C@@H](C(=O)O)CCC(=O)N1C. The molecule has 72 heavy (non-hydrogen) atoms. The molecule has 0 unspecified atom stereocenters. The number of nitrogens with one attached hydrogen (secondary N) is 6. The van der Waals surface area contributed by atoms with Gasteiger partial charge < -0.3 is 68.0 Å². The lowest BCUT2D eigenvalue weighted by atomic mass is 9.88. The van der Waals surface area contributed by atoms with Crippen LogP contribution in [-0.2, 0) is 59.0 Å². The molecule has 2 aliphatic rings. The maximum Gasteiger partial charge on any atom is 0.327 e. The van der Waals surface area contributed by atoms with Crippen LogP contribution in [0.15, 0.2) is 59.8 Å². The van der Waals surface area contributed by atoms with Crippen LogP contribution in [0, 0.1) is 23.7 Å². The second kappa shape index (κ2) is 27.1. The van der Waals surface area contributed by atoms with Crippen molar-refractivity contribution in [3.05, 3.63) is 60.3 Å². The third-order valence-corrected chi connectivity index (χ3v) is 12.9. The molecule has 23 heteroatoms. The second-order valence-corrected chi connectivity index (χ2v) is 19.1. The summed E-state index contributed by atoms with van der Waals surface area (Å²) < 4.78 is 12.1. The van der Waals surface area contributed by atoms with Crippen molar-refractivity contribution >= 4 is 59.2 Å². The third kappa shape index (κ3) is 17.5. The largest absolute Gasteiger partial charge is 0.480 e. The van der Waals surface area contributed by atoms with E-state index < -0.39 is 126 Å². The molecule has 2 aliphatic heterocycles. The number of nitrogens with zero attached hydrogens (tertiary/aromatic N) is 2. The monoisotopic (exact) mass is 1010 g/mol. The van der Waals surface area contributed by atoms with Gasteiger partial charge in [0.1, 0.15) is 41.5 Å². The van der Waals surface area contributed by atoms with E-state index in [-0.39, 0.29) is 55.8 Å². The van der Waals surface area contributed by atoms with Crippen molar-refractivity contribution < 1.29 is 62.8 Å². The van der Waals surface area contributed by atoms with Gasteiger partial charge in [-0.15, -0.1) is 0 Å². The molecule has 2 heterocycles. The summed E-state index contributed by atoms with van der Waals surface area (Å²) in [6.45, 7) is 14.9. The Kier molecular flexibility index (Phi) is 22.4. The molecule has 2 saturated heterocycles. The molecule has 0 saturated carbocycles. The smallest absolute Gasteiger partial charge is 0.327 e. The number of carboxylic acids is 2. The van der Waals surface area contributed by atoms with Gasteiger partial charge in [0.25, 0.3) is 5.91 Å². The van der Waals surface area contributed by atoms with Crippen molar-refractivity contribution in [2.24, 2.45) is 40.1 Å². The van der Waals surface area contributed by atoms with Crippen LogP contribution in [0.5, 0.6) is 0 Å². The van der Waals surface area contributed by atoms with Crippen LogP contribution < -0.4 is 43.4 Å². The van der Waals surface area contributed by atoms with Gasteiger partial charge in [0.15, 0.2) is 5.96 Å². The average molecular weight is 1010 g/mol. The van der Waals surface area contributed by atoms with Crippen LogP contribution in [-0.4, -0.2) is 149 Å². The highest BCUT2D eigenvalue weighted by molar-refractivity contribution is 6.00.